The lowest BCUT2D eigenvalue weighted by Gasteiger charge is -2.00. The molecule has 2 heterocycles. The van der Waals surface area contributed by atoms with Crippen molar-refractivity contribution in [2.45, 2.75) is 19.8 Å². The summed E-state index contributed by atoms with van der Waals surface area (Å²) in [7, 11) is 1.90. The SMILES string of the molecule is Cc1nc2c(CCC(=O)O)ccnc2n1C. The fourth-order valence-corrected chi connectivity index (χ4v) is 1.68. The second-order valence-electron chi connectivity index (χ2n) is 3.75. The molecule has 0 saturated heterocycles. The number of pyridine rings is 1. The minimum absolute atomic E-state index is 0.120. The standard InChI is InChI=1S/C11H13N3O2/c1-7-13-10-8(3-4-9(15)16)5-6-12-11(10)14(7)2/h5-6H,3-4H2,1-2H3,(H,15,16). The molecule has 0 unspecified atom stereocenters. The number of rotatable bonds is 3. The van der Waals surface area contributed by atoms with Gasteiger partial charge >= 0.3 is 5.97 Å². The molecule has 2 aromatic rings. The predicted molar refractivity (Wildman–Crippen MR) is 59.2 cm³/mol. The molecular weight excluding hydrogens is 206 g/mol. The second-order valence-corrected chi connectivity index (χ2v) is 3.75. The van der Waals surface area contributed by atoms with Gasteiger partial charge in [0.2, 0.25) is 0 Å². The van der Waals surface area contributed by atoms with Crippen molar-refractivity contribution in [1.82, 2.24) is 14.5 Å². The van der Waals surface area contributed by atoms with E-state index in [-0.39, 0.29) is 6.42 Å². The molecule has 2 aromatic heterocycles. The van der Waals surface area contributed by atoms with Gasteiger partial charge in [-0.1, -0.05) is 0 Å². The van der Waals surface area contributed by atoms with Gasteiger partial charge in [-0.2, -0.15) is 0 Å². The minimum atomic E-state index is -0.794. The van der Waals surface area contributed by atoms with Crippen LogP contribution in [0, 0.1) is 6.92 Å². The largest absolute Gasteiger partial charge is 0.481 e. The molecule has 2 rings (SSSR count). The summed E-state index contributed by atoms with van der Waals surface area (Å²) in [6.07, 6.45) is 2.31. The van der Waals surface area contributed by atoms with Crippen LogP contribution in [0.3, 0.4) is 0 Å². The van der Waals surface area contributed by atoms with E-state index >= 15 is 0 Å². The molecule has 0 aliphatic heterocycles. The summed E-state index contributed by atoms with van der Waals surface area (Å²) in [5.74, 6) is 0.0860. The maximum absolute atomic E-state index is 10.5. The third kappa shape index (κ3) is 1.76. The number of fused-ring (bicyclic) bond motifs is 1. The summed E-state index contributed by atoms with van der Waals surface area (Å²) in [6, 6.07) is 1.83. The Labute approximate surface area is 92.8 Å². The lowest BCUT2D eigenvalue weighted by molar-refractivity contribution is -0.136. The van der Waals surface area contributed by atoms with Crippen molar-refractivity contribution < 1.29 is 9.90 Å². The van der Waals surface area contributed by atoms with Gasteiger partial charge in [-0.3, -0.25) is 4.79 Å². The van der Waals surface area contributed by atoms with Crippen LogP contribution in [0.4, 0.5) is 0 Å². The van der Waals surface area contributed by atoms with Crippen LogP contribution in [0.5, 0.6) is 0 Å². The van der Waals surface area contributed by atoms with Crippen LogP contribution in [-0.2, 0) is 18.3 Å². The number of carbonyl (C=O) groups is 1. The number of aromatic nitrogens is 3. The molecular formula is C11H13N3O2. The molecule has 5 heteroatoms. The molecule has 0 saturated carbocycles. The zero-order valence-corrected chi connectivity index (χ0v) is 9.27. The molecule has 0 atom stereocenters. The van der Waals surface area contributed by atoms with E-state index in [0.29, 0.717) is 6.42 Å². The number of carboxylic acid groups (broad SMARTS) is 1. The molecule has 0 fully saturated rings. The molecule has 16 heavy (non-hydrogen) atoms. The third-order valence-corrected chi connectivity index (χ3v) is 2.67. The van der Waals surface area contributed by atoms with E-state index in [1.165, 1.54) is 0 Å². The van der Waals surface area contributed by atoms with E-state index in [2.05, 4.69) is 9.97 Å². The number of aliphatic carboxylic acids is 1. The summed E-state index contributed by atoms with van der Waals surface area (Å²) in [6.45, 7) is 1.91. The van der Waals surface area contributed by atoms with Gasteiger partial charge < -0.3 is 9.67 Å². The van der Waals surface area contributed by atoms with Crippen LogP contribution in [0.25, 0.3) is 11.2 Å². The van der Waals surface area contributed by atoms with Crippen molar-refractivity contribution in [2.24, 2.45) is 7.05 Å². The average Bonchev–Trinajstić information content (AvgIpc) is 2.53. The monoisotopic (exact) mass is 219 g/mol. The van der Waals surface area contributed by atoms with Crippen molar-refractivity contribution in [3.63, 3.8) is 0 Å². The molecule has 0 amide bonds. The van der Waals surface area contributed by atoms with Crippen LogP contribution in [0.2, 0.25) is 0 Å². The summed E-state index contributed by atoms with van der Waals surface area (Å²) in [4.78, 5) is 19.2. The Kier molecular flexibility index (Phi) is 2.60. The van der Waals surface area contributed by atoms with Crippen LogP contribution >= 0.6 is 0 Å². The van der Waals surface area contributed by atoms with Gasteiger partial charge in [-0.15, -0.1) is 0 Å². The van der Waals surface area contributed by atoms with E-state index in [9.17, 15) is 4.79 Å². The highest BCUT2D eigenvalue weighted by atomic mass is 16.4. The number of nitrogens with zero attached hydrogens (tertiary/aromatic N) is 3. The molecule has 84 valence electrons. The average molecular weight is 219 g/mol. The Morgan fingerprint density at radius 3 is 3.00 bits per heavy atom. The topological polar surface area (TPSA) is 68.0 Å². The zero-order chi connectivity index (χ0) is 11.7. The molecule has 0 radical (unpaired) electrons. The Morgan fingerprint density at radius 1 is 1.56 bits per heavy atom. The number of imidazole rings is 1. The molecule has 0 aromatic carbocycles. The first-order chi connectivity index (χ1) is 7.59. The van der Waals surface area contributed by atoms with Crippen molar-refractivity contribution in [2.75, 3.05) is 0 Å². The molecule has 1 N–H and O–H groups in total. The van der Waals surface area contributed by atoms with Gasteiger partial charge in [0.25, 0.3) is 0 Å². The van der Waals surface area contributed by atoms with E-state index < -0.39 is 5.97 Å². The van der Waals surface area contributed by atoms with Crippen molar-refractivity contribution >= 4 is 17.1 Å². The van der Waals surface area contributed by atoms with Gasteiger partial charge in [-0.25, -0.2) is 9.97 Å². The van der Waals surface area contributed by atoms with Crippen LogP contribution < -0.4 is 0 Å². The zero-order valence-electron chi connectivity index (χ0n) is 9.27. The van der Waals surface area contributed by atoms with Crippen molar-refractivity contribution in [3.8, 4) is 0 Å². The van der Waals surface area contributed by atoms with Gasteiger partial charge in [0.05, 0.1) is 0 Å². The summed E-state index contributed by atoms with van der Waals surface area (Å²) < 4.78 is 1.90. The highest BCUT2D eigenvalue weighted by Crippen LogP contribution is 2.17. The summed E-state index contributed by atoms with van der Waals surface area (Å²) >= 11 is 0. The van der Waals surface area contributed by atoms with Crippen LogP contribution in [-0.4, -0.2) is 25.6 Å². The van der Waals surface area contributed by atoms with Gasteiger partial charge in [-0.05, 0) is 25.0 Å². The van der Waals surface area contributed by atoms with E-state index in [0.717, 1.165) is 22.6 Å². The van der Waals surface area contributed by atoms with Gasteiger partial charge in [0.15, 0.2) is 5.65 Å². The van der Waals surface area contributed by atoms with E-state index in [1.54, 1.807) is 6.20 Å². The molecule has 0 aliphatic carbocycles. The van der Waals surface area contributed by atoms with Crippen LogP contribution in [0.15, 0.2) is 12.3 Å². The predicted octanol–water partition coefficient (Wildman–Crippen LogP) is 1.29. The van der Waals surface area contributed by atoms with Crippen molar-refractivity contribution in [3.05, 3.63) is 23.7 Å². The van der Waals surface area contributed by atoms with Crippen molar-refractivity contribution in [1.29, 1.82) is 0 Å². The first-order valence-electron chi connectivity index (χ1n) is 5.08. The third-order valence-electron chi connectivity index (χ3n) is 2.67. The minimum Gasteiger partial charge on any atom is -0.481 e. The van der Waals surface area contributed by atoms with E-state index in [4.69, 9.17) is 5.11 Å². The smallest absolute Gasteiger partial charge is 0.303 e. The Balaban J connectivity index is 2.45. The van der Waals surface area contributed by atoms with Gasteiger partial charge in [0.1, 0.15) is 11.3 Å². The molecule has 0 spiro atoms. The number of hydrogen-bond donors (Lipinski definition) is 1. The highest BCUT2D eigenvalue weighted by Gasteiger charge is 2.10. The summed E-state index contributed by atoms with van der Waals surface area (Å²) in [5, 5.41) is 8.67. The van der Waals surface area contributed by atoms with Crippen LogP contribution in [0.1, 0.15) is 17.8 Å². The second kappa shape index (κ2) is 3.92. The Hall–Kier alpha value is -1.91. The fourth-order valence-electron chi connectivity index (χ4n) is 1.68. The fraction of sp³-hybridized carbons (Fsp3) is 0.364. The summed E-state index contributed by atoms with van der Waals surface area (Å²) in [5.41, 5.74) is 2.56. The van der Waals surface area contributed by atoms with E-state index in [1.807, 2.05) is 24.6 Å². The maximum Gasteiger partial charge on any atom is 0.303 e. The Bertz CT molecular complexity index is 545. The quantitative estimate of drug-likeness (QED) is 0.844. The molecule has 5 nitrogen and oxygen atoms in total. The molecule has 0 aliphatic rings. The highest BCUT2D eigenvalue weighted by molar-refractivity contribution is 5.76. The van der Waals surface area contributed by atoms with Gasteiger partial charge in [0, 0.05) is 19.7 Å². The lowest BCUT2D eigenvalue weighted by Crippen LogP contribution is -1.98. The lowest BCUT2D eigenvalue weighted by atomic mass is 10.1. The number of aryl methyl sites for hydroxylation is 3. The first kappa shape index (κ1) is 10.6. The number of hydrogen-bond acceptors (Lipinski definition) is 3. The number of carboxylic acids is 1. The Morgan fingerprint density at radius 2 is 2.31 bits per heavy atom. The normalized spacial score (nSPS) is 10.9. The molecule has 0 bridgehead atoms. The first-order valence-corrected chi connectivity index (χ1v) is 5.08. The maximum atomic E-state index is 10.5.